The molecule has 14 heavy (non-hydrogen) atoms. The van der Waals surface area contributed by atoms with Gasteiger partial charge in [0.1, 0.15) is 0 Å². The Balaban J connectivity index is 2.44. The molecule has 1 rings (SSSR count). The van der Waals surface area contributed by atoms with Gasteiger partial charge in [0.2, 0.25) is 0 Å². The van der Waals surface area contributed by atoms with Gasteiger partial charge in [0.05, 0.1) is 6.54 Å². The molecule has 6 heteroatoms. The number of nitrogens with one attached hydrogen (secondary N) is 1. The maximum atomic E-state index is 13.1. The highest BCUT2D eigenvalue weighted by atomic mass is 19.3. The summed E-state index contributed by atoms with van der Waals surface area (Å²) in [5.41, 5.74) is 1.48. The maximum Gasteiger partial charge on any atom is 0.338 e. The molecule has 1 aliphatic rings. The van der Waals surface area contributed by atoms with E-state index in [1.165, 1.54) is 5.43 Å². The Kier molecular flexibility index (Phi) is 3.77. The van der Waals surface area contributed by atoms with Gasteiger partial charge in [-0.1, -0.05) is 6.42 Å². The van der Waals surface area contributed by atoms with Crippen molar-refractivity contribution < 1.29 is 13.6 Å². The lowest BCUT2D eigenvalue weighted by atomic mass is 10.1. The highest BCUT2D eigenvalue weighted by Crippen LogP contribution is 2.18. The van der Waals surface area contributed by atoms with E-state index in [4.69, 9.17) is 0 Å². The smallest absolute Gasteiger partial charge is 0.297 e. The second-order valence-electron chi connectivity index (χ2n) is 3.51. The Hall–Kier alpha value is -0.750. The van der Waals surface area contributed by atoms with Crippen LogP contribution in [0.25, 0.3) is 0 Å². The zero-order chi connectivity index (χ0) is 10.6. The quantitative estimate of drug-likeness (QED) is 0.392. The van der Waals surface area contributed by atoms with E-state index in [1.54, 1.807) is 4.90 Å². The summed E-state index contributed by atoms with van der Waals surface area (Å²) in [4.78, 5) is 12.3. The summed E-state index contributed by atoms with van der Waals surface area (Å²) in [7, 11) is 0. The van der Waals surface area contributed by atoms with Crippen LogP contribution in [0.4, 0.5) is 8.78 Å². The van der Waals surface area contributed by atoms with Gasteiger partial charge in [-0.2, -0.15) is 8.78 Å². The number of hydrogen-bond donors (Lipinski definition) is 2. The van der Waals surface area contributed by atoms with Crippen LogP contribution in [-0.2, 0) is 4.79 Å². The molecule has 0 aromatic carbocycles. The van der Waals surface area contributed by atoms with Crippen LogP contribution >= 0.6 is 0 Å². The summed E-state index contributed by atoms with van der Waals surface area (Å²) in [5, 5.41) is 0. The molecule has 1 aliphatic heterocycles. The first-order chi connectivity index (χ1) is 6.56. The third-order valence-corrected chi connectivity index (χ3v) is 2.33. The van der Waals surface area contributed by atoms with E-state index in [0.717, 1.165) is 19.3 Å². The van der Waals surface area contributed by atoms with E-state index in [1.807, 2.05) is 0 Å². The van der Waals surface area contributed by atoms with Crippen LogP contribution in [0.3, 0.4) is 0 Å². The summed E-state index contributed by atoms with van der Waals surface area (Å²) in [6, 6.07) is 0. The first-order valence-corrected chi connectivity index (χ1v) is 4.67. The summed E-state index contributed by atoms with van der Waals surface area (Å²) in [6.45, 7) is 0.733. The SMILES string of the molecule is NNC(=O)C(F)(F)CN1CCCCC1. The maximum absolute atomic E-state index is 13.1. The molecule has 82 valence electrons. The van der Waals surface area contributed by atoms with Crippen molar-refractivity contribution in [2.75, 3.05) is 19.6 Å². The number of nitrogens with two attached hydrogens (primary N) is 1. The summed E-state index contributed by atoms with van der Waals surface area (Å²) in [5.74, 6) is -0.131. The number of likely N-dealkylation sites (tertiary alicyclic amines) is 1. The Bertz CT molecular complexity index is 205. The van der Waals surface area contributed by atoms with E-state index in [0.29, 0.717) is 13.1 Å². The molecular formula is C8H15F2N3O. The van der Waals surface area contributed by atoms with Crippen molar-refractivity contribution in [3.05, 3.63) is 0 Å². The molecule has 1 heterocycles. The molecule has 3 N–H and O–H groups in total. The van der Waals surface area contributed by atoms with Crippen LogP contribution in [0.2, 0.25) is 0 Å². The molecule has 0 atom stereocenters. The second kappa shape index (κ2) is 4.65. The van der Waals surface area contributed by atoms with Crippen molar-refractivity contribution in [3.63, 3.8) is 0 Å². The molecule has 0 saturated carbocycles. The van der Waals surface area contributed by atoms with Gasteiger partial charge in [-0.15, -0.1) is 0 Å². The lowest BCUT2D eigenvalue weighted by molar-refractivity contribution is -0.148. The van der Waals surface area contributed by atoms with Gasteiger partial charge in [0, 0.05) is 0 Å². The van der Waals surface area contributed by atoms with Gasteiger partial charge in [-0.05, 0) is 25.9 Å². The van der Waals surface area contributed by atoms with Crippen LogP contribution < -0.4 is 11.3 Å². The van der Waals surface area contributed by atoms with Crippen LogP contribution in [0.5, 0.6) is 0 Å². The molecular weight excluding hydrogens is 192 g/mol. The molecule has 1 saturated heterocycles. The average molecular weight is 207 g/mol. The van der Waals surface area contributed by atoms with Gasteiger partial charge in [0.15, 0.2) is 0 Å². The van der Waals surface area contributed by atoms with Gasteiger partial charge in [-0.3, -0.25) is 15.1 Å². The number of hydrazine groups is 1. The van der Waals surface area contributed by atoms with Crippen molar-refractivity contribution in [1.82, 2.24) is 10.3 Å². The number of carbonyl (C=O) groups excluding carboxylic acids is 1. The fraction of sp³-hybridized carbons (Fsp3) is 0.875. The molecule has 0 unspecified atom stereocenters. The minimum absolute atomic E-state index is 0.532. The Morgan fingerprint density at radius 1 is 1.36 bits per heavy atom. The first kappa shape index (κ1) is 11.3. The second-order valence-corrected chi connectivity index (χ2v) is 3.51. The predicted octanol–water partition coefficient (Wildman–Crippen LogP) is 0.0975. The van der Waals surface area contributed by atoms with Crippen molar-refractivity contribution in [2.45, 2.75) is 25.2 Å². The standard InChI is InChI=1S/C8H15F2N3O/c9-8(10,7(14)12-11)6-13-4-2-1-3-5-13/h1-6,11H2,(H,12,14). The third-order valence-electron chi connectivity index (χ3n) is 2.33. The highest BCUT2D eigenvalue weighted by molar-refractivity contribution is 5.82. The summed E-state index contributed by atoms with van der Waals surface area (Å²) >= 11 is 0. The lowest BCUT2D eigenvalue weighted by Crippen LogP contribution is -2.51. The van der Waals surface area contributed by atoms with Gasteiger partial charge < -0.3 is 0 Å². The van der Waals surface area contributed by atoms with Crippen molar-refractivity contribution >= 4 is 5.91 Å². The number of alkyl halides is 2. The highest BCUT2D eigenvalue weighted by Gasteiger charge is 2.40. The first-order valence-electron chi connectivity index (χ1n) is 4.67. The number of nitrogens with zero attached hydrogens (tertiary/aromatic N) is 1. The van der Waals surface area contributed by atoms with E-state index >= 15 is 0 Å². The summed E-state index contributed by atoms with van der Waals surface area (Å²) in [6.07, 6.45) is 2.91. The Morgan fingerprint density at radius 2 is 1.93 bits per heavy atom. The minimum atomic E-state index is -3.38. The van der Waals surface area contributed by atoms with Crippen molar-refractivity contribution in [3.8, 4) is 0 Å². The molecule has 1 amide bonds. The molecule has 0 aliphatic carbocycles. The van der Waals surface area contributed by atoms with E-state index in [2.05, 4.69) is 5.84 Å². The summed E-state index contributed by atoms with van der Waals surface area (Å²) < 4.78 is 26.1. The minimum Gasteiger partial charge on any atom is -0.297 e. The van der Waals surface area contributed by atoms with Gasteiger partial charge in [-0.25, -0.2) is 5.84 Å². The van der Waals surface area contributed by atoms with Crippen LogP contribution in [0.15, 0.2) is 0 Å². The Labute approximate surface area is 81.4 Å². The molecule has 0 spiro atoms. The lowest BCUT2D eigenvalue weighted by Gasteiger charge is -2.29. The molecule has 4 nitrogen and oxygen atoms in total. The molecule has 0 aromatic heterocycles. The number of carbonyl (C=O) groups is 1. The zero-order valence-electron chi connectivity index (χ0n) is 7.93. The van der Waals surface area contributed by atoms with Gasteiger partial charge in [0.25, 0.3) is 0 Å². The largest absolute Gasteiger partial charge is 0.338 e. The van der Waals surface area contributed by atoms with Crippen molar-refractivity contribution in [1.29, 1.82) is 0 Å². The molecule has 0 bridgehead atoms. The predicted molar refractivity (Wildman–Crippen MR) is 47.6 cm³/mol. The van der Waals surface area contributed by atoms with E-state index in [-0.39, 0.29) is 0 Å². The number of rotatable bonds is 3. The number of hydrogen-bond acceptors (Lipinski definition) is 3. The third kappa shape index (κ3) is 2.88. The van der Waals surface area contributed by atoms with Crippen molar-refractivity contribution in [2.24, 2.45) is 5.84 Å². The number of amides is 1. The zero-order valence-corrected chi connectivity index (χ0v) is 7.93. The number of piperidine rings is 1. The van der Waals surface area contributed by atoms with Gasteiger partial charge >= 0.3 is 11.8 Å². The van der Waals surface area contributed by atoms with E-state index < -0.39 is 18.4 Å². The van der Waals surface area contributed by atoms with Crippen LogP contribution in [0, 0.1) is 0 Å². The molecule has 0 aromatic rings. The Morgan fingerprint density at radius 3 is 2.43 bits per heavy atom. The van der Waals surface area contributed by atoms with Crippen LogP contribution in [0.1, 0.15) is 19.3 Å². The monoisotopic (exact) mass is 207 g/mol. The molecule has 0 radical (unpaired) electrons. The van der Waals surface area contributed by atoms with E-state index in [9.17, 15) is 13.6 Å². The fourth-order valence-corrected chi connectivity index (χ4v) is 1.58. The average Bonchev–Trinajstić information content (AvgIpc) is 2.17. The normalized spacial score (nSPS) is 19.4. The molecule has 1 fully saturated rings. The topological polar surface area (TPSA) is 58.4 Å². The fourth-order valence-electron chi connectivity index (χ4n) is 1.58. The van der Waals surface area contributed by atoms with Crippen LogP contribution in [-0.4, -0.2) is 36.4 Å². The number of halogens is 2.